The van der Waals surface area contributed by atoms with Crippen molar-refractivity contribution in [2.24, 2.45) is 5.92 Å². The standard InChI is InChI=1S/C14H21ClN2O/c1-16-14-10-18-9-12(14)8-17(2)7-11-4-3-5-13(15)6-11/h3-6,12,14,16H,7-10H2,1-2H3. The van der Waals surface area contributed by atoms with Gasteiger partial charge in [-0.05, 0) is 31.8 Å². The van der Waals surface area contributed by atoms with E-state index in [-0.39, 0.29) is 0 Å². The minimum Gasteiger partial charge on any atom is -0.379 e. The Bertz CT molecular complexity index is 386. The molecule has 1 aliphatic rings. The van der Waals surface area contributed by atoms with Gasteiger partial charge < -0.3 is 15.0 Å². The number of benzene rings is 1. The second-order valence-electron chi connectivity index (χ2n) is 5.02. The highest BCUT2D eigenvalue weighted by Crippen LogP contribution is 2.17. The van der Waals surface area contributed by atoms with Gasteiger partial charge in [0.1, 0.15) is 0 Å². The first kappa shape index (κ1) is 13.8. The molecule has 1 heterocycles. The number of hydrogen-bond acceptors (Lipinski definition) is 3. The van der Waals surface area contributed by atoms with Crippen LogP contribution in [0.25, 0.3) is 0 Å². The second-order valence-corrected chi connectivity index (χ2v) is 5.46. The molecule has 1 N–H and O–H groups in total. The average molecular weight is 269 g/mol. The number of nitrogens with one attached hydrogen (secondary N) is 1. The lowest BCUT2D eigenvalue weighted by atomic mass is 10.0. The minimum absolute atomic E-state index is 0.479. The van der Waals surface area contributed by atoms with Crippen LogP contribution in [0.15, 0.2) is 24.3 Å². The largest absolute Gasteiger partial charge is 0.379 e. The maximum atomic E-state index is 6.00. The van der Waals surface area contributed by atoms with Gasteiger partial charge in [-0.2, -0.15) is 0 Å². The molecule has 100 valence electrons. The van der Waals surface area contributed by atoms with Gasteiger partial charge in [-0.1, -0.05) is 23.7 Å². The number of ether oxygens (including phenoxy) is 1. The van der Waals surface area contributed by atoms with E-state index in [1.807, 2.05) is 25.2 Å². The van der Waals surface area contributed by atoms with Gasteiger partial charge in [-0.3, -0.25) is 0 Å². The first-order chi connectivity index (χ1) is 8.69. The van der Waals surface area contributed by atoms with E-state index in [1.54, 1.807) is 0 Å². The molecule has 0 bridgehead atoms. The maximum Gasteiger partial charge on any atom is 0.0623 e. The molecule has 0 spiro atoms. The summed E-state index contributed by atoms with van der Waals surface area (Å²) in [6, 6.07) is 8.53. The summed E-state index contributed by atoms with van der Waals surface area (Å²) in [5, 5.41) is 4.12. The monoisotopic (exact) mass is 268 g/mol. The Morgan fingerprint density at radius 3 is 3.00 bits per heavy atom. The Balaban J connectivity index is 1.86. The fourth-order valence-corrected chi connectivity index (χ4v) is 2.72. The molecule has 1 aliphatic heterocycles. The van der Waals surface area contributed by atoms with Crippen molar-refractivity contribution in [3.8, 4) is 0 Å². The molecule has 0 aliphatic carbocycles. The SMILES string of the molecule is CNC1COCC1CN(C)Cc1cccc(Cl)c1. The second kappa shape index (κ2) is 6.53. The highest BCUT2D eigenvalue weighted by atomic mass is 35.5. The van der Waals surface area contributed by atoms with Crippen molar-refractivity contribution < 1.29 is 4.74 Å². The van der Waals surface area contributed by atoms with Gasteiger partial charge in [-0.15, -0.1) is 0 Å². The van der Waals surface area contributed by atoms with Gasteiger partial charge in [0.05, 0.1) is 13.2 Å². The van der Waals surface area contributed by atoms with E-state index in [1.165, 1.54) is 5.56 Å². The van der Waals surface area contributed by atoms with Crippen LogP contribution >= 0.6 is 11.6 Å². The third-order valence-corrected chi connectivity index (χ3v) is 3.69. The first-order valence-corrected chi connectivity index (χ1v) is 6.75. The molecule has 3 nitrogen and oxygen atoms in total. The Hall–Kier alpha value is -0.610. The average Bonchev–Trinajstić information content (AvgIpc) is 2.76. The predicted octanol–water partition coefficient (Wildman–Crippen LogP) is 2.01. The number of nitrogens with zero attached hydrogens (tertiary/aromatic N) is 1. The fraction of sp³-hybridized carbons (Fsp3) is 0.571. The summed E-state index contributed by atoms with van der Waals surface area (Å²) >= 11 is 6.00. The molecule has 18 heavy (non-hydrogen) atoms. The summed E-state index contributed by atoms with van der Waals surface area (Å²) in [6.45, 7) is 3.64. The van der Waals surface area contributed by atoms with E-state index < -0.39 is 0 Å². The van der Waals surface area contributed by atoms with E-state index in [0.29, 0.717) is 12.0 Å². The lowest BCUT2D eigenvalue weighted by Gasteiger charge is -2.24. The maximum absolute atomic E-state index is 6.00. The molecule has 1 aromatic rings. The predicted molar refractivity (Wildman–Crippen MR) is 74.9 cm³/mol. The highest BCUT2D eigenvalue weighted by molar-refractivity contribution is 6.30. The van der Waals surface area contributed by atoms with E-state index in [9.17, 15) is 0 Å². The van der Waals surface area contributed by atoms with Crippen LogP contribution in [0.2, 0.25) is 5.02 Å². The van der Waals surface area contributed by atoms with Gasteiger partial charge in [0, 0.05) is 30.1 Å². The van der Waals surface area contributed by atoms with Crippen LogP contribution < -0.4 is 5.32 Å². The molecule has 1 aromatic carbocycles. The zero-order valence-electron chi connectivity index (χ0n) is 11.0. The van der Waals surface area contributed by atoms with Gasteiger partial charge in [0.15, 0.2) is 0 Å². The highest BCUT2D eigenvalue weighted by Gasteiger charge is 2.27. The number of rotatable bonds is 5. The Kier molecular flexibility index (Phi) is 5.01. The summed E-state index contributed by atoms with van der Waals surface area (Å²) < 4.78 is 5.52. The topological polar surface area (TPSA) is 24.5 Å². The van der Waals surface area contributed by atoms with Gasteiger partial charge >= 0.3 is 0 Å². The van der Waals surface area contributed by atoms with E-state index in [2.05, 4.69) is 23.3 Å². The number of likely N-dealkylation sites (N-methyl/N-ethyl adjacent to an activating group) is 1. The Morgan fingerprint density at radius 1 is 1.44 bits per heavy atom. The first-order valence-electron chi connectivity index (χ1n) is 6.37. The van der Waals surface area contributed by atoms with Crippen molar-refractivity contribution in [3.05, 3.63) is 34.9 Å². The molecule has 4 heteroatoms. The zero-order chi connectivity index (χ0) is 13.0. The van der Waals surface area contributed by atoms with E-state index in [0.717, 1.165) is 31.3 Å². The van der Waals surface area contributed by atoms with Crippen molar-refractivity contribution in [2.75, 3.05) is 33.9 Å². The molecular weight excluding hydrogens is 248 g/mol. The summed E-state index contributed by atoms with van der Waals surface area (Å²) in [5.74, 6) is 0.569. The number of hydrogen-bond donors (Lipinski definition) is 1. The van der Waals surface area contributed by atoms with Crippen LogP contribution in [-0.2, 0) is 11.3 Å². The fourth-order valence-electron chi connectivity index (χ4n) is 2.51. The summed E-state index contributed by atoms with van der Waals surface area (Å²) in [4.78, 5) is 2.33. The summed E-state index contributed by atoms with van der Waals surface area (Å²) in [7, 11) is 4.15. The Morgan fingerprint density at radius 2 is 2.28 bits per heavy atom. The van der Waals surface area contributed by atoms with Crippen molar-refractivity contribution in [1.82, 2.24) is 10.2 Å². The van der Waals surface area contributed by atoms with E-state index >= 15 is 0 Å². The van der Waals surface area contributed by atoms with Crippen molar-refractivity contribution in [2.45, 2.75) is 12.6 Å². The lowest BCUT2D eigenvalue weighted by Crippen LogP contribution is -2.38. The van der Waals surface area contributed by atoms with Crippen LogP contribution in [0.4, 0.5) is 0 Å². The quantitative estimate of drug-likeness (QED) is 0.884. The third-order valence-electron chi connectivity index (χ3n) is 3.46. The third kappa shape index (κ3) is 3.69. The van der Waals surface area contributed by atoms with Gasteiger partial charge in [-0.25, -0.2) is 0 Å². The van der Waals surface area contributed by atoms with Gasteiger partial charge in [0.25, 0.3) is 0 Å². The van der Waals surface area contributed by atoms with E-state index in [4.69, 9.17) is 16.3 Å². The van der Waals surface area contributed by atoms with Crippen LogP contribution in [0.3, 0.4) is 0 Å². The van der Waals surface area contributed by atoms with Crippen LogP contribution in [0, 0.1) is 5.92 Å². The van der Waals surface area contributed by atoms with Crippen molar-refractivity contribution >= 4 is 11.6 Å². The zero-order valence-corrected chi connectivity index (χ0v) is 11.8. The smallest absolute Gasteiger partial charge is 0.0623 e. The lowest BCUT2D eigenvalue weighted by molar-refractivity contribution is 0.172. The van der Waals surface area contributed by atoms with Crippen molar-refractivity contribution in [1.29, 1.82) is 0 Å². The Labute approximate surface area is 114 Å². The van der Waals surface area contributed by atoms with Crippen LogP contribution in [0.5, 0.6) is 0 Å². The molecule has 2 rings (SSSR count). The van der Waals surface area contributed by atoms with Gasteiger partial charge in [0.2, 0.25) is 0 Å². The molecule has 0 radical (unpaired) electrons. The molecule has 0 aromatic heterocycles. The van der Waals surface area contributed by atoms with Crippen LogP contribution in [0.1, 0.15) is 5.56 Å². The summed E-state index contributed by atoms with van der Waals surface area (Å²) in [6.07, 6.45) is 0. The molecule has 0 amide bonds. The molecule has 0 saturated carbocycles. The minimum atomic E-state index is 0.479. The number of halogens is 1. The summed E-state index contributed by atoms with van der Waals surface area (Å²) in [5.41, 5.74) is 1.25. The van der Waals surface area contributed by atoms with Crippen molar-refractivity contribution in [3.63, 3.8) is 0 Å². The molecule has 1 fully saturated rings. The molecule has 2 atom stereocenters. The molecule has 1 saturated heterocycles. The molecule has 2 unspecified atom stereocenters. The normalized spacial score (nSPS) is 23.8. The van der Waals surface area contributed by atoms with Crippen LogP contribution in [-0.4, -0.2) is 44.8 Å². The molecular formula is C14H21ClN2O.